The number of carbonyl (C=O) groups is 2. The monoisotopic (exact) mass is 329 g/mol. The maximum Gasteiger partial charge on any atom is 0.208 e. The average molecular weight is 330 g/mol. The minimum Gasteiger partial charge on any atom is -0.395 e. The van der Waals surface area contributed by atoms with Gasteiger partial charge in [-0.05, 0) is 12.1 Å². The van der Waals surface area contributed by atoms with Gasteiger partial charge in [0.1, 0.15) is 0 Å². The summed E-state index contributed by atoms with van der Waals surface area (Å²) in [4.78, 5) is 24.0. The molecule has 0 saturated carbocycles. The normalized spacial score (nSPS) is 11.2. The molecular weight excluding hydrogens is 318 g/mol. The van der Waals surface area contributed by atoms with Crippen molar-refractivity contribution >= 4 is 27.5 Å². The van der Waals surface area contributed by atoms with Crippen LogP contribution in [0, 0.1) is 0 Å². The molecule has 0 aliphatic carbocycles. The molecule has 0 atom stereocenters. The topological polar surface area (TPSA) is 60.2 Å². The first kappa shape index (κ1) is 14.2. The Balaban J connectivity index is 2.23. The van der Waals surface area contributed by atoms with Gasteiger partial charge in [0.05, 0.1) is 5.70 Å². The van der Waals surface area contributed by atoms with Crippen molar-refractivity contribution in [2.45, 2.75) is 0 Å². The van der Waals surface area contributed by atoms with Crippen molar-refractivity contribution in [3.8, 4) is 0 Å². The Kier molecular flexibility index (Phi) is 4.48. The molecular formula is C16H12BrNO2. The van der Waals surface area contributed by atoms with Crippen LogP contribution in [-0.4, -0.2) is 11.6 Å². The summed E-state index contributed by atoms with van der Waals surface area (Å²) in [6.45, 7) is 0. The summed E-state index contributed by atoms with van der Waals surface area (Å²) in [7, 11) is 0. The number of hydrogen-bond acceptors (Lipinski definition) is 3. The molecule has 0 aliphatic heterocycles. The summed E-state index contributed by atoms with van der Waals surface area (Å²) >= 11 is 3.29. The number of Topliss-reactive ketones (excluding diaryl/α,β-unsaturated/α-hetero) is 1. The molecule has 0 heterocycles. The van der Waals surface area contributed by atoms with Crippen molar-refractivity contribution in [3.05, 3.63) is 82.0 Å². The van der Waals surface area contributed by atoms with Gasteiger partial charge >= 0.3 is 0 Å². The molecule has 0 aromatic heterocycles. The average Bonchev–Trinajstić information content (AvgIpc) is 2.47. The lowest BCUT2D eigenvalue weighted by Gasteiger charge is -2.02. The molecule has 0 saturated heterocycles. The Morgan fingerprint density at radius 3 is 2.25 bits per heavy atom. The van der Waals surface area contributed by atoms with Crippen LogP contribution < -0.4 is 5.73 Å². The second kappa shape index (κ2) is 6.30. The van der Waals surface area contributed by atoms with Crippen LogP contribution in [0.25, 0.3) is 0 Å². The zero-order chi connectivity index (χ0) is 14.5. The Labute approximate surface area is 125 Å². The number of ketones is 2. The van der Waals surface area contributed by atoms with Crippen molar-refractivity contribution in [1.29, 1.82) is 0 Å². The molecule has 2 aromatic rings. The molecule has 3 nitrogen and oxygen atoms in total. The Morgan fingerprint density at radius 1 is 0.950 bits per heavy atom. The summed E-state index contributed by atoms with van der Waals surface area (Å²) in [6, 6.07) is 15.6. The van der Waals surface area contributed by atoms with E-state index in [2.05, 4.69) is 15.9 Å². The molecule has 0 amide bonds. The van der Waals surface area contributed by atoms with Gasteiger partial charge < -0.3 is 5.73 Å². The molecule has 2 aromatic carbocycles. The molecule has 20 heavy (non-hydrogen) atoms. The van der Waals surface area contributed by atoms with Gasteiger partial charge in [-0.3, -0.25) is 9.59 Å². The number of nitrogens with two attached hydrogens (primary N) is 1. The molecule has 2 rings (SSSR count). The van der Waals surface area contributed by atoms with Crippen LogP contribution in [0.5, 0.6) is 0 Å². The predicted molar refractivity (Wildman–Crippen MR) is 81.5 cm³/mol. The summed E-state index contributed by atoms with van der Waals surface area (Å²) < 4.78 is 0.783. The van der Waals surface area contributed by atoms with Gasteiger partial charge in [0.25, 0.3) is 0 Å². The molecule has 0 radical (unpaired) electrons. The van der Waals surface area contributed by atoms with Gasteiger partial charge in [0.2, 0.25) is 5.78 Å². The molecule has 0 fully saturated rings. The minimum atomic E-state index is -0.365. The first-order valence-corrected chi connectivity index (χ1v) is 6.74. The second-order valence-corrected chi connectivity index (χ2v) is 5.09. The number of benzene rings is 2. The molecule has 0 spiro atoms. The van der Waals surface area contributed by atoms with Crippen LogP contribution in [0.4, 0.5) is 0 Å². The van der Waals surface area contributed by atoms with Crippen LogP contribution in [0.2, 0.25) is 0 Å². The SMILES string of the molecule is NC(=CC(=O)c1ccccc1)C(=O)c1cccc(Br)c1. The zero-order valence-corrected chi connectivity index (χ0v) is 12.1. The molecule has 0 unspecified atom stereocenters. The van der Waals surface area contributed by atoms with E-state index in [1.165, 1.54) is 6.08 Å². The van der Waals surface area contributed by atoms with Gasteiger partial charge in [0, 0.05) is 21.7 Å². The van der Waals surface area contributed by atoms with Crippen molar-refractivity contribution in [1.82, 2.24) is 0 Å². The Hall–Kier alpha value is -2.20. The van der Waals surface area contributed by atoms with Crippen LogP contribution in [-0.2, 0) is 0 Å². The van der Waals surface area contributed by atoms with Crippen LogP contribution >= 0.6 is 15.9 Å². The summed E-state index contributed by atoms with van der Waals surface area (Å²) in [6.07, 6.45) is 1.17. The predicted octanol–water partition coefficient (Wildman–Crippen LogP) is 3.36. The van der Waals surface area contributed by atoms with Crippen LogP contribution in [0.1, 0.15) is 20.7 Å². The van der Waals surface area contributed by atoms with Gasteiger partial charge in [-0.15, -0.1) is 0 Å². The second-order valence-electron chi connectivity index (χ2n) is 4.17. The van der Waals surface area contributed by atoms with Gasteiger partial charge in [-0.1, -0.05) is 58.4 Å². The van der Waals surface area contributed by atoms with Gasteiger partial charge in [0.15, 0.2) is 5.78 Å². The smallest absolute Gasteiger partial charge is 0.208 e. The number of carbonyl (C=O) groups excluding carboxylic acids is 2. The molecule has 2 N–H and O–H groups in total. The van der Waals surface area contributed by atoms with Crippen LogP contribution in [0.3, 0.4) is 0 Å². The highest BCUT2D eigenvalue weighted by molar-refractivity contribution is 9.10. The fourth-order valence-corrected chi connectivity index (χ4v) is 2.09. The Bertz CT molecular complexity index is 678. The van der Waals surface area contributed by atoms with Crippen molar-refractivity contribution in [2.75, 3.05) is 0 Å². The first-order valence-electron chi connectivity index (χ1n) is 5.95. The molecule has 100 valence electrons. The van der Waals surface area contributed by atoms with E-state index in [0.29, 0.717) is 11.1 Å². The highest BCUT2D eigenvalue weighted by Gasteiger charge is 2.11. The molecule has 4 heteroatoms. The van der Waals surface area contributed by atoms with Crippen molar-refractivity contribution in [2.24, 2.45) is 5.73 Å². The maximum atomic E-state index is 12.1. The van der Waals surface area contributed by atoms with E-state index >= 15 is 0 Å². The van der Waals surface area contributed by atoms with Gasteiger partial charge in [-0.2, -0.15) is 0 Å². The van der Waals surface area contributed by atoms with E-state index in [4.69, 9.17) is 5.73 Å². The van der Waals surface area contributed by atoms with E-state index in [1.54, 1.807) is 42.5 Å². The fraction of sp³-hybridized carbons (Fsp3) is 0. The van der Waals surface area contributed by atoms with Crippen molar-refractivity contribution < 1.29 is 9.59 Å². The van der Waals surface area contributed by atoms with Crippen LogP contribution in [0.15, 0.2) is 70.8 Å². The third kappa shape index (κ3) is 3.42. The Morgan fingerprint density at radius 2 is 1.60 bits per heavy atom. The minimum absolute atomic E-state index is 0.0723. The number of hydrogen-bond donors (Lipinski definition) is 1. The molecule has 0 aliphatic rings. The highest BCUT2D eigenvalue weighted by Crippen LogP contribution is 2.14. The lowest BCUT2D eigenvalue weighted by molar-refractivity contribution is 0.101. The highest BCUT2D eigenvalue weighted by atomic mass is 79.9. The van der Waals surface area contributed by atoms with Gasteiger partial charge in [-0.25, -0.2) is 0 Å². The number of halogens is 1. The standard InChI is InChI=1S/C16H12BrNO2/c17-13-8-4-7-12(9-13)16(20)14(18)10-15(19)11-5-2-1-3-6-11/h1-10H,18H2. The summed E-state index contributed by atoms with van der Waals surface area (Å²) in [5.41, 5.74) is 6.58. The van der Waals surface area contributed by atoms with E-state index in [-0.39, 0.29) is 17.3 Å². The van der Waals surface area contributed by atoms with Crippen molar-refractivity contribution in [3.63, 3.8) is 0 Å². The fourth-order valence-electron chi connectivity index (χ4n) is 1.69. The molecule has 0 bridgehead atoms. The third-order valence-electron chi connectivity index (χ3n) is 2.69. The lowest BCUT2D eigenvalue weighted by Crippen LogP contribution is -2.13. The lowest BCUT2D eigenvalue weighted by atomic mass is 10.1. The summed E-state index contributed by atoms with van der Waals surface area (Å²) in [5, 5.41) is 0. The zero-order valence-electron chi connectivity index (χ0n) is 10.5. The van der Waals surface area contributed by atoms with E-state index in [9.17, 15) is 9.59 Å². The summed E-state index contributed by atoms with van der Waals surface area (Å²) in [5.74, 6) is -0.651. The first-order chi connectivity index (χ1) is 9.58. The van der Waals surface area contributed by atoms with E-state index < -0.39 is 0 Å². The van der Waals surface area contributed by atoms with E-state index in [0.717, 1.165) is 4.47 Å². The largest absolute Gasteiger partial charge is 0.395 e. The van der Waals surface area contributed by atoms with E-state index in [1.807, 2.05) is 12.1 Å². The number of rotatable bonds is 4. The third-order valence-corrected chi connectivity index (χ3v) is 3.19. The number of allylic oxidation sites excluding steroid dienone is 2. The maximum absolute atomic E-state index is 12.1. The quantitative estimate of drug-likeness (QED) is 0.691.